The number of fused-ring (bicyclic) bond motifs is 2. The van der Waals surface area contributed by atoms with Gasteiger partial charge in [-0.15, -0.1) is 0 Å². The fourth-order valence-electron chi connectivity index (χ4n) is 3.83. The van der Waals surface area contributed by atoms with Crippen molar-refractivity contribution in [1.29, 1.82) is 0 Å². The third-order valence-corrected chi connectivity index (χ3v) is 5.27. The van der Waals surface area contributed by atoms with Gasteiger partial charge in [0.15, 0.2) is 5.65 Å². The summed E-state index contributed by atoms with van der Waals surface area (Å²) < 4.78 is 2.29. The highest BCUT2D eigenvalue weighted by molar-refractivity contribution is 5.87. The van der Waals surface area contributed by atoms with Crippen molar-refractivity contribution in [3.8, 4) is 0 Å². The molecule has 1 aliphatic heterocycles. The first-order valence-electron chi connectivity index (χ1n) is 9.47. The highest BCUT2D eigenvalue weighted by atomic mass is 15.2. The Morgan fingerprint density at radius 3 is 2.79 bits per heavy atom. The van der Waals surface area contributed by atoms with E-state index in [0.29, 0.717) is 11.5 Å². The highest BCUT2D eigenvalue weighted by Crippen LogP contribution is 2.27. The van der Waals surface area contributed by atoms with Gasteiger partial charge in [0, 0.05) is 25.2 Å². The average molecular weight is 371 g/mol. The second-order valence-electron chi connectivity index (χ2n) is 7.04. The molecule has 4 aromatic rings. The maximum Gasteiger partial charge on any atom is 0.166 e. The number of nitrogens with zero attached hydrogens (tertiary/aromatic N) is 6. The molecule has 7 nitrogen and oxygen atoms in total. The molecular weight excluding hydrogens is 350 g/mol. The quantitative estimate of drug-likeness (QED) is 0.593. The maximum absolute atomic E-state index is 5.79. The summed E-state index contributed by atoms with van der Waals surface area (Å²) in [6.07, 6.45) is 5.48. The van der Waals surface area contributed by atoms with Crippen LogP contribution in [0.5, 0.6) is 0 Å². The number of rotatable bonds is 4. The first-order chi connectivity index (χ1) is 13.8. The van der Waals surface area contributed by atoms with Gasteiger partial charge in [0.05, 0.1) is 24.0 Å². The average Bonchev–Trinajstić information content (AvgIpc) is 3.14. The number of hydrogen-bond acceptors (Lipinski definition) is 6. The minimum Gasteiger partial charge on any atom is -0.384 e. The fourth-order valence-corrected chi connectivity index (χ4v) is 3.83. The molecule has 0 aliphatic carbocycles. The number of anilines is 2. The molecule has 0 bridgehead atoms. The maximum atomic E-state index is 5.79. The summed E-state index contributed by atoms with van der Waals surface area (Å²) in [5.74, 6) is 1.36. The monoisotopic (exact) mass is 371 g/mol. The van der Waals surface area contributed by atoms with Gasteiger partial charge in [0.25, 0.3) is 0 Å². The van der Waals surface area contributed by atoms with E-state index in [4.69, 9.17) is 5.73 Å². The van der Waals surface area contributed by atoms with E-state index in [9.17, 15) is 0 Å². The van der Waals surface area contributed by atoms with Crippen molar-refractivity contribution >= 4 is 22.7 Å². The molecule has 0 unspecified atom stereocenters. The van der Waals surface area contributed by atoms with Crippen molar-refractivity contribution in [2.75, 3.05) is 17.2 Å². The van der Waals surface area contributed by atoms with E-state index >= 15 is 0 Å². The highest BCUT2D eigenvalue weighted by Gasteiger charge is 2.23. The SMILES string of the molecule is Nc1ccc2c(N3CCc4c(ncn4CCc4ccccc4)C3)ncnc2n1. The fraction of sp³-hybridized carbons (Fsp3) is 0.238. The first kappa shape index (κ1) is 16.7. The Labute approximate surface area is 162 Å². The van der Waals surface area contributed by atoms with Crippen molar-refractivity contribution < 1.29 is 0 Å². The Hall–Kier alpha value is -3.48. The second-order valence-corrected chi connectivity index (χ2v) is 7.04. The molecule has 28 heavy (non-hydrogen) atoms. The molecule has 0 spiro atoms. The zero-order valence-corrected chi connectivity index (χ0v) is 15.5. The van der Waals surface area contributed by atoms with E-state index < -0.39 is 0 Å². The van der Waals surface area contributed by atoms with Crippen LogP contribution in [0.25, 0.3) is 11.0 Å². The van der Waals surface area contributed by atoms with Crippen molar-refractivity contribution in [2.45, 2.75) is 25.9 Å². The van der Waals surface area contributed by atoms with Crippen LogP contribution in [-0.4, -0.2) is 31.0 Å². The molecule has 4 heterocycles. The van der Waals surface area contributed by atoms with Gasteiger partial charge >= 0.3 is 0 Å². The Bertz CT molecular complexity index is 1120. The van der Waals surface area contributed by atoms with E-state index in [1.54, 1.807) is 12.4 Å². The van der Waals surface area contributed by atoms with Gasteiger partial charge in [-0.25, -0.2) is 19.9 Å². The molecule has 3 aromatic heterocycles. The van der Waals surface area contributed by atoms with Crippen molar-refractivity contribution in [1.82, 2.24) is 24.5 Å². The topological polar surface area (TPSA) is 85.8 Å². The van der Waals surface area contributed by atoms with Crippen molar-refractivity contribution in [3.63, 3.8) is 0 Å². The molecule has 0 fully saturated rings. The summed E-state index contributed by atoms with van der Waals surface area (Å²) in [5.41, 5.74) is 10.2. The standard InChI is InChI=1S/C21H21N7/c22-19-7-6-16-20(26-19)23-13-24-21(16)27-11-9-18-17(12-27)25-14-28(18)10-8-15-4-2-1-3-5-15/h1-7,13-14H,8-12H2,(H2,22,23,24,26). The molecule has 0 atom stereocenters. The van der Waals surface area contributed by atoms with E-state index in [1.807, 2.05) is 12.4 Å². The predicted octanol–water partition coefficient (Wildman–Crippen LogP) is 2.61. The van der Waals surface area contributed by atoms with Crippen molar-refractivity contribution in [2.24, 2.45) is 0 Å². The molecule has 2 N–H and O–H groups in total. The largest absolute Gasteiger partial charge is 0.384 e. The Morgan fingerprint density at radius 2 is 1.89 bits per heavy atom. The third kappa shape index (κ3) is 3.05. The third-order valence-electron chi connectivity index (χ3n) is 5.27. The zero-order valence-electron chi connectivity index (χ0n) is 15.5. The predicted molar refractivity (Wildman–Crippen MR) is 109 cm³/mol. The summed E-state index contributed by atoms with van der Waals surface area (Å²) in [4.78, 5) is 20.0. The van der Waals surface area contributed by atoms with Gasteiger partial charge in [-0.1, -0.05) is 30.3 Å². The molecule has 140 valence electrons. The molecule has 7 heteroatoms. The van der Waals surface area contributed by atoms with E-state index in [0.717, 1.165) is 49.4 Å². The summed E-state index contributed by atoms with van der Waals surface area (Å²) in [5, 5.41) is 0.920. The lowest BCUT2D eigenvalue weighted by molar-refractivity contribution is 0.623. The van der Waals surface area contributed by atoms with Gasteiger partial charge in [0.1, 0.15) is 18.0 Å². The minimum absolute atomic E-state index is 0.468. The molecule has 0 saturated heterocycles. The van der Waals surface area contributed by atoms with E-state index in [1.165, 1.54) is 11.3 Å². The van der Waals surface area contributed by atoms with Crippen LogP contribution < -0.4 is 10.6 Å². The Kier molecular flexibility index (Phi) is 4.12. The summed E-state index contributed by atoms with van der Waals surface area (Å²) in [6, 6.07) is 14.3. The van der Waals surface area contributed by atoms with Crippen LogP contribution in [-0.2, 0) is 25.9 Å². The van der Waals surface area contributed by atoms with Crippen LogP contribution in [0.2, 0.25) is 0 Å². The van der Waals surface area contributed by atoms with E-state index in [2.05, 4.69) is 59.7 Å². The molecular formula is C21H21N7. The second kappa shape index (κ2) is 6.92. The lowest BCUT2D eigenvalue weighted by Crippen LogP contribution is -2.32. The number of hydrogen-bond donors (Lipinski definition) is 1. The first-order valence-corrected chi connectivity index (χ1v) is 9.47. The number of aromatic nitrogens is 5. The van der Waals surface area contributed by atoms with Gasteiger partial charge in [-0.05, 0) is 24.1 Å². The van der Waals surface area contributed by atoms with Crippen LogP contribution >= 0.6 is 0 Å². The molecule has 5 rings (SSSR count). The normalized spacial score (nSPS) is 13.6. The lowest BCUT2D eigenvalue weighted by Gasteiger charge is -2.28. The summed E-state index contributed by atoms with van der Waals surface area (Å²) in [6.45, 7) is 2.58. The molecule has 1 aromatic carbocycles. The van der Waals surface area contributed by atoms with Crippen LogP contribution in [0.15, 0.2) is 55.1 Å². The van der Waals surface area contributed by atoms with Crippen LogP contribution in [0.1, 0.15) is 17.0 Å². The smallest absolute Gasteiger partial charge is 0.166 e. The van der Waals surface area contributed by atoms with Gasteiger partial charge in [-0.3, -0.25) is 0 Å². The van der Waals surface area contributed by atoms with E-state index in [-0.39, 0.29) is 0 Å². The van der Waals surface area contributed by atoms with Gasteiger partial charge in [-0.2, -0.15) is 0 Å². The number of pyridine rings is 1. The zero-order chi connectivity index (χ0) is 18.9. The van der Waals surface area contributed by atoms with Gasteiger partial charge < -0.3 is 15.2 Å². The lowest BCUT2D eigenvalue weighted by atomic mass is 10.1. The minimum atomic E-state index is 0.468. The molecule has 0 saturated carbocycles. The van der Waals surface area contributed by atoms with Crippen LogP contribution in [0.3, 0.4) is 0 Å². The van der Waals surface area contributed by atoms with Crippen molar-refractivity contribution in [3.05, 3.63) is 72.1 Å². The van der Waals surface area contributed by atoms with Crippen LogP contribution in [0, 0.1) is 0 Å². The number of aryl methyl sites for hydroxylation is 2. The molecule has 0 radical (unpaired) electrons. The Morgan fingerprint density at radius 1 is 1.00 bits per heavy atom. The number of nitrogens with two attached hydrogens (primary N) is 1. The Balaban J connectivity index is 1.37. The van der Waals surface area contributed by atoms with Gasteiger partial charge in [0.2, 0.25) is 0 Å². The summed E-state index contributed by atoms with van der Waals surface area (Å²) >= 11 is 0. The number of benzene rings is 1. The summed E-state index contributed by atoms with van der Waals surface area (Å²) in [7, 11) is 0. The molecule has 1 aliphatic rings. The number of nitrogen functional groups attached to an aromatic ring is 1. The molecule has 0 amide bonds. The van der Waals surface area contributed by atoms with Crippen LogP contribution in [0.4, 0.5) is 11.6 Å². The number of imidazole rings is 1.